The van der Waals surface area contributed by atoms with E-state index in [0.29, 0.717) is 47.3 Å². The normalized spacial score (nSPS) is 11.5. The van der Waals surface area contributed by atoms with Gasteiger partial charge < -0.3 is 33.9 Å². The summed E-state index contributed by atoms with van der Waals surface area (Å²) >= 11 is 0. The van der Waals surface area contributed by atoms with Gasteiger partial charge in [-0.2, -0.15) is 0 Å². The van der Waals surface area contributed by atoms with Crippen molar-refractivity contribution in [3.63, 3.8) is 0 Å². The van der Waals surface area contributed by atoms with Crippen LogP contribution in [0.2, 0.25) is 0 Å². The fourth-order valence-corrected chi connectivity index (χ4v) is 18.9. The lowest BCUT2D eigenvalue weighted by Gasteiger charge is -2.25. The van der Waals surface area contributed by atoms with E-state index in [9.17, 15) is 10.2 Å². The van der Waals surface area contributed by atoms with Gasteiger partial charge in [-0.05, 0) is 149 Å². The van der Waals surface area contributed by atoms with E-state index >= 15 is 0 Å². The van der Waals surface area contributed by atoms with Crippen molar-refractivity contribution in [2.24, 2.45) is 0 Å². The molecule has 7 nitrogen and oxygen atoms in total. The Hall–Kier alpha value is -11.7. The SMILES string of the molecule is Oc1c(COCc2cc(OCc3ccccc3)cc(Oc3cc(COCc4cc5ccccc5c(-c5c(P(c6ccccc6)c6ccccc6)ccc6ccccc56)c4O)cc(OCc4ccccc4)c3)c2)cc2ccccc2c1-c1c(P(c2ccccc2)c2ccccc2)ccc2ccccc12. The Balaban J connectivity index is 0.722. The van der Waals surface area contributed by atoms with E-state index < -0.39 is 15.8 Å². The van der Waals surface area contributed by atoms with Gasteiger partial charge in [0.25, 0.3) is 0 Å². The zero-order chi connectivity index (χ0) is 69.3. The Morgan fingerprint density at radius 1 is 0.233 bits per heavy atom. The Labute approximate surface area is 602 Å². The van der Waals surface area contributed by atoms with Crippen molar-refractivity contribution >= 4 is 90.8 Å². The van der Waals surface area contributed by atoms with Crippen molar-refractivity contribution < 1.29 is 33.9 Å². The van der Waals surface area contributed by atoms with E-state index in [1.807, 2.05) is 121 Å². The van der Waals surface area contributed by atoms with E-state index in [-0.39, 0.29) is 37.9 Å². The van der Waals surface area contributed by atoms with Gasteiger partial charge in [-0.3, -0.25) is 0 Å². The average molecular weight is 1380 g/mol. The Morgan fingerprint density at radius 2 is 0.534 bits per heavy atom. The Kier molecular flexibility index (Phi) is 19.6. The number of hydrogen-bond donors (Lipinski definition) is 2. The standard InChI is InChI=1S/C94H72O7P2/c95-93-73(55-71-33-21-25-45-85(71)91(93)89-83-43-23-19-31-69(83)47-49-87(89)102(79-35-11-3-12-36-79)80-37-13-4-14-38-80)63-97-59-67-51-75(99-61-65-27-7-1-8-28-65)57-77(53-67)101-78-54-68(52-76(58-78)100-62-66-29-9-2-10-30-66)60-98-64-74-56-72-34-22-26-46-86(72)92(94(74)96)90-84-44-24-20-32-70(84)48-50-88(90)103(81-39-15-5-16-40-81)82-41-17-6-18-42-82/h1-58,95-96H,59-64H2. The number of phenolic OH excluding ortho intramolecular Hbond substituents is 2. The third-order valence-corrected chi connectivity index (χ3v) is 23.7. The van der Waals surface area contributed by atoms with E-state index in [4.69, 9.17) is 23.7 Å². The molecule has 0 saturated heterocycles. The predicted octanol–water partition coefficient (Wildman–Crippen LogP) is 20.9. The molecule has 0 aliphatic rings. The summed E-state index contributed by atoms with van der Waals surface area (Å²) in [5.74, 6) is 2.58. The fourth-order valence-electron chi connectivity index (χ4n) is 14.0. The van der Waals surface area contributed by atoms with Gasteiger partial charge in [0, 0.05) is 45.5 Å². The summed E-state index contributed by atoms with van der Waals surface area (Å²) in [5, 5.41) is 41.4. The highest BCUT2D eigenvalue weighted by molar-refractivity contribution is 7.80. The van der Waals surface area contributed by atoms with E-state index in [2.05, 4.69) is 231 Å². The maximum atomic E-state index is 13.0. The van der Waals surface area contributed by atoms with Crippen LogP contribution in [0.15, 0.2) is 352 Å². The monoisotopic (exact) mass is 1370 g/mol. The molecule has 500 valence electrons. The molecular formula is C94H72O7P2. The van der Waals surface area contributed by atoms with Crippen LogP contribution in [0.5, 0.6) is 34.5 Å². The van der Waals surface area contributed by atoms with Crippen LogP contribution < -0.4 is 46.0 Å². The zero-order valence-electron chi connectivity index (χ0n) is 56.6. The van der Waals surface area contributed by atoms with Crippen LogP contribution in [-0.4, -0.2) is 10.2 Å². The summed E-state index contributed by atoms with van der Waals surface area (Å²) in [7, 11) is -2.15. The molecule has 0 atom stereocenters. The van der Waals surface area contributed by atoms with Crippen molar-refractivity contribution in [3.8, 4) is 56.8 Å². The number of benzene rings is 16. The minimum atomic E-state index is -1.07. The van der Waals surface area contributed by atoms with Crippen molar-refractivity contribution in [1.82, 2.24) is 0 Å². The minimum Gasteiger partial charge on any atom is -0.507 e. The van der Waals surface area contributed by atoms with Gasteiger partial charge in [-0.25, -0.2) is 0 Å². The molecule has 0 amide bonds. The number of ether oxygens (including phenoxy) is 5. The fraction of sp³-hybridized carbons (Fsp3) is 0.0638. The van der Waals surface area contributed by atoms with Crippen LogP contribution in [0, 0.1) is 0 Å². The summed E-state index contributed by atoms with van der Waals surface area (Å²) in [6, 6.07) is 121. The highest BCUT2D eigenvalue weighted by atomic mass is 31.1. The van der Waals surface area contributed by atoms with Crippen LogP contribution in [0.4, 0.5) is 0 Å². The second-order valence-electron chi connectivity index (χ2n) is 25.6. The van der Waals surface area contributed by atoms with Gasteiger partial charge >= 0.3 is 0 Å². The molecule has 0 radical (unpaired) electrons. The lowest BCUT2D eigenvalue weighted by Crippen LogP contribution is -2.22. The average Bonchev–Trinajstić information content (AvgIpc) is 0.744. The van der Waals surface area contributed by atoms with Crippen molar-refractivity contribution in [2.45, 2.75) is 39.6 Å². The predicted molar refractivity (Wildman–Crippen MR) is 426 cm³/mol. The molecule has 16 aromatic rings. The number of phenols is 2. The van der Waals surface area contributed by atoms with Gasteiger partial charge in [0.2, 0.25) is 0 Å². The van der Waals surface area contributed by atoms with Crippen molar-refractivity contribution in [2.75, 3.05) is 0 Å². The van der Waals surface area contributed by atoms with E-state index in [1.165, 1.54) is 21.2 Å². The largest absolute Gasteiger partial charge is 0.507 e. The third-order valence-electron chi connectivity index (χ3n) is 18.7. The Morgan fingerprint density at radius 3 is 0.893 bits per heavy atom. The summed E-state index contributed by atoms with van der Waals surface area (Å²) in [4.78, 5) is 0. The van der Waals surface area contributed by atoms with Crippen LogP contribution in [0.25, 0.3) is 65.3 Å². The first-order chi connectivity index (χ1) is 50.9. The third kappa shape index (κ3) is 14.5. The van der Waals surface area contributed by atoms with Crippen molar-refractivity contribution in [3.05, 3.63) is 385 Å². The van der Waals surface area contributed by atoms with Gasteiger partial charge in [0.05, 0.1) is 26.4 Å². The van der Waals surface area contributed by atoms with Gasteiger partial charge in [0.1, 0.15) is 47.7 Å². The molecule has 0 bridgehead atoms. The van der Waals surface area contributed by atoms with Gasteiger partial charge in [-0.1, -0.05) is 303 Å². The minimum absolute atomic E-state index is 0.109. The summed E-state index contributed by atoms with van der Waals surface area (Å²) in [5.41, 5.74) is 8.53. The van der Waals surface area contributed by atoms with Crippen LogP contribution in [0.3, 0.4) is 0 Å². The van der Waals surface area contributed by atoms with E-state index in [0.717, 1.165) is 98.2 Å². The van der Waals surface area contributed by atoms with Crippen LogP contribution >= 0.6 is 15.8 Å². The maximum Gasteiger partial charge on any atom is 0.131 e. The smallest absolute Gasteiger partial charge is 0.131 e. The molecule has 16 rings (SSSR count). The number of fused-ring (bicyclic) bond motifs is 4. The molecule has 0 unspecified atom stereocenters. The second kappa shape index (κ2) is 30.7. The zero-order valence-corrected chi connectivity index (χ0v) is 58.3. The molecule has 0 saturated carbocycles. The molecule has 0 aromatic heterocycles. The lowest BCUT2D eigenvalue weighted by molar-refractivity contribution is 0.105. The molecule has 2 N–H and O–H groups in total. The van der Waals surface area contributed by atoms with Crippen LogP contribution in [-0.2, 0) is 49.1 Å². The quantitative estimate of drug-likeness (QED) is 0.0583. The Bertz CT molecular complexity index is 5220. The summed E-state index contributed by atoms with van der Waals surface area (Å²) in [6.07, 6.45) is 0. The molecule has 0 aliphatic carbocycles. The summed E-state index contributed by atoms with van der Waals surface area (Å²) in [6.45, 7) is 1.21. The molecule has 16 aromatic carbocycles. The highest BCUT2D eigenvalue weighted by Gasteiger charge is 2.29. The van der Waals surface area contributed by atoms with E-state index in [1.54, 1.807) is 0 Å². The van der Waals surface area contributed by atoms with Gasteiger partial charge in [0.15, 0.2) is 0 Å². The molecule has 103 heavy (non-hydrogen) atoms. The topological polar surface area (TPSA) is 86.6 Å². The number of hydrogen-bond acceptors (Lipinski definition) is 7. The number of aromatic hydroxyl groups is 2. The first kappa shape index (κ1) is 65.9. The number of rotatable bonds is 24. The highest BCUT2D eigenvalue weighted by Crippen LogP contribution is 2.49. The summed E-state index contributed by atoms with van der Waals surface area (Å²) < 4.78 is 33.6. The molecule has 0 aliphatic heterocycles. The molecular weight excluding hydrogens is 1300 g/mol. The van der Waals surface area contributed by atoms with Crippen LogP contribution in [0.1, 0.15) is 33.4 Å². The van der Waals surface area contributed by atoms with Crippen molar-refractivity contribution in [1.29, 1.82) is 0 Å². The molecule has 0 spiro atoms. The molecule has 9 heteroatoms. The maximum absolute atomic E-state index is 13.0. The molecule has 0 fully saturated rings. The first-order valence-electron chi connectivity index (χ1n) is 34.7. The molecule has 0 heterocycles. The second-order valence-corrected chi connectivity index (χ2v) is 30.0. The lowest BCUT2D eigenvalue weighted by atomic mass is 9.91. The first-order valence-corrected chi connectivity index (χ1v) is 37.4. The van der Waals surface area contributed by atoms with Gasteiger partial charge in [-0.15, -0.1) is 0 Å².